The van der Waals surface area contributed by atoms with Gasteiger partial charge < -0.3 is 15.3 Å². The largest absolute Gasteiger partial charge is 0.393 e. The lowest BCUT2D eigenvalue weighted by atomic mass is 9.92. The van der Waals surface area contributed by atoms with Crippen LogP contribution in [0.15, 0.2) is 29.2 Å². The monoisotopic (exact) mass is 310 g/mol. The van der Waals surface area contributed by atoms with E-state index in [1.807, 2.05) is 0 Å². The van der Waals surface area contributed by atoms with Gasteiger partial charge in [0, 0.05) is 40.7 Å². The summed E-state index contributed by atoms with van der Waals surface area (Å²) in [6.07, 6.45) is 2.98. The first-order chi connectivity index (χ1) is 9.97. The molecular formula is C15H22N2O3S. The standard InChI is InChI=1S/C15H22N2O3S/c1-11(18)12-7-9-17(10-8-12)15(19)16-13-3-5-14(6-4-13)21(2)20/h3-6,11-12,18H,7-10H2,1-2H3,(H,16,19). The van der Waals surface area contributed by atoms with Crippen molar-refractivity contribution >= 4 is 22.5 Å². The summed E-state index contributed by atoms with van der Waals surface area (Å²) in [7, 11) is -1.01. The van der Waals surface area contributed by atoms with Crippen LogP contribution in [-0.2, 0) is 10.8 Å². The maximum Gasteiger partial charge on any atom is 0.321 e. The first-order valence-electron chi connectivity index (χ1n) is 7.15. The number of hydrogen-bond donors (Lipinski definition) is 2. The molecule has 0 saturated carbocycles. The number of hydrogen-bond acceptors (Lipinski definition) is 3. The van der Waals surface area contributed by atoms with E-state index in [9.17, 15) is 14.1 Å². The van der Waals surface area contributed by atoms with Crippen LogP contribution in [0.2, 0.25) is 0 Å². The predicted molar refractivity (Wildman–Crippen MR) is 83.8 cm³/mol. The lowest BCUT2D eigenvalue weighted by Crippen LogP contribution is -2.42. The van der Waals surface area contributed by atoms with Gasteiger partial charge in [-0.2, -0.15) is 0 Å². The number of benzene rings is 1. The number of amides is 2. The van der Waals surface area contributed by atoms with Crippen LogP contribution in [0.4, 0.5) is 10.5 Å². The van der Waals surface area contributed by atoms with Gasteiger partial charge in [0.05, 0.1) is 6.10 Å². The first-order valence-corrected chi connectivity index (χ1v) is 8.70. The molecule has 5 nitrogen and oxygen atoms in total. The van der Waals surface area contributed by atoms with E-state index in [0.717, 1.165) is 17.7 Å². The van der Waals surface area contributed by atoms with Gasteiger partial charge in [-0.1, -0.05) is 0 Å². The molecule has 2 atom stereocenters. The second kappa shape index (κ2) is 7.04. The van der Waals surface area contributed by atoms with E-state index in [2.05, 4.69) is 5.32 Å². The van der Waals surface area contributed by atoms with Gasteiger partial charge in [-0.05, 0) is 49.9 Å². The van der Waals surface area contributed by atoms with Crippen LogP contribution >= 0.6 is 0 Å². The number of aliphatic hydroxyl groups excluding tert-OH is 1. The summed E-state index contributed by atoms with van der Waals surface area (Å²) < 4.78 is 11.3. The van der Waals surface area contributed by atoms with Crippen molar-refractivity contribution in [2.45, 2.75) is 30.8 Å². The van der Waals surface area contributed by atoms with Crippen molar-refractivity contribution in [1.82, 2.24) is 4.90 Å². The molecule has 6 heteroatoms. The van der Waals surface area contributed by atoms with Crippen LogP contribution < -0.4 is 5.32 Å². The van der Waals surface area contributed by atoms with Gasteiger partial charge in [-0.25, -0.2) is 4.79 Å². The summed E-state index contributed by atoms with van der Waals surface area (Å²) >= 11 is 0. The lowest BCUT2D eigenvalue weighted by Gasteiger charge is -2.33. The number of carbonyl (C=O) groups is 1. The summed E-state index contributed by atoms with van der Waals surface area (Å²) in [5.41, 5.74) is 0.701. The molecule has 0 aliphatic carbocycles. The summed E-state index contributed by atoms with van der Waals surface area (Å²) in [6.45, 7) is 3.14. The number of likely N-dealkylation sites (tertiary alicyclic amines) is 1. The number of piperidine rings is 1. The number of nitrogens with zero attached hydrogens (tertiary/aromatic N) is 1. The number of urea groups is 1. The maximum absolute atomic E-state index is 12.2. The Morgan fingerprint density at radius 1 is 1.33 bits per heavy atom. The first kappa shape index (κ1) is 16.0. The average molecular weight is 310 g/mol. The van der Waals surface area contributed by atoms with Crippen LogP contribution in [0.3, 0.4) is 0 Å². The highest BCUT2D eigenvalue weighted by Crippen LogP contribution is 2.21. The number of nitrogens with one attached hydrogen (secondary N) is 1. The Morgan fingerprint density at radius 3 is 2.38 bits per heavy atom. The van der Waals surface area contributed by atoms with E-state index in [4.69, 9.17) is 0 Å². The van der Waals surface area contributed by atoms with Gasteiger partial charge in [-0.15, -0.1) is 0 Å². The van der Waals surface area contributed by atoms with Gasteiger partial charge in [0.25, 0.3) is 0 Å². The number of anilines is 1. The van der Waals surface area contributed by atoms with Crippen LogP contribution in [0, 0.1) is 5.92 Å². The maximum atomic E-state index is 12.2. The summed E-state index contributed by atoms with van der Waals surface area (Å²) in [6, 6.07) is 6.91. The van der Waals surface area contributed by atoms with Crippen LogP contribution in [0.25, 0.3) is 0 Å². The molecule has 1 fully saturated rings. The molecule has 2 amide bonds. The smallest absolute Gasteiger partial charge is 0.321 e. The minimum absolute atomic E-state index is 0.121. The van der Waals surface area contributed by atoms with Crippen LogP contribution in [-0.4, -0.2) is 45.7 Å². The minimum Gasteiger partial charge on any atom is -0.393 e. The van der Waals surface area contributed by atoms with Crippen molar-refractivity contribution in [3.05, 3.63) is 24.3 Å². The third-order valence-corrected chi connectivity index (χ3v) is 4.88. The molecule has 0 radical (unpaired) electrons. The van der Waals surface area contributed by atoms with Gasteiger partial charge in [0.2, 0.25) is 0 Å². The molecule has 2 unspecified atom stereocenters. The van der Waals surface area contributed by atoms with Crippen molar-refractivity contribution in [2.75, 3.05) is 24.7 Å². The van der Waals surface area contributed by atoms with E-state index in [1.165, 1.54) is 0 Å². The summed E-state index contributed by atoms with van der Waals surface area (Å²) in [5.74, 6) is 0.285. The lowest BCUT2D eigenvalue weighted by molar-refractivity contribution is 0.0820. The second-order valence-electron chi connectivity index (χ2n) is 5.47. The Bertz CT molecular complexity index is 508. The highest BCUT2D eigenvalue weighted by Gasteiger charge is 2.25. The Balaban J connectivity index is 1.89. The molecule has 2 N–H and O–H groups in total. The molecule has 1 aliphatic rings. The number of carbonyl (C=O) groups excluding carboxylic acids is 1. The Labute approximate surface area is 127 Å². The highest BCUT2D eigenvalue weighted by atomic mass is 32.2. The van der Waals surface area contributed by atoms with E-state index in [0.29, 0.717) is 18.8 Å². The topological polar surface area (TPSA) is 69.6 Å². The van der Waals surface area contributed by atoms with Gasteiger partial charge in [0.1, 0.15) is 0 Å². The Kier molecular flexibility index (Phi) is 5.36. The molecule has 0 spiro atoms. The molecular weight excluding hydrogens is 288 g/mol. The van der Waals surface area contributed by atoms with Crippen LogP contribution in [0.1, 0.15) is 19.8 Å². The van der Waals surface area contributed by atoms with Crippen molar-refractivity contribution in [3.63, 3.8) is 0 Å². The van der Waals surface area contributed by atoms with Crippen molar-refractivity contribution in [3.8, 4) is 0 Å². The molecule has 2 rings (SSSR count). The molecule has 21 heavy (non-hydrogen) atoms. The highest BCUT2D eigenvalue weighted by molar-refractivity contribution is 7.84. The molecule has 0 aromatic heterocycles. The second-order valence-corrected chi connectivity index (χ2v) is 6.85. The van der Waals surface area contributed by atoms with E-state index < -0.39 is 10.8 Å². The third kappa shape index (κ3) is 4.28. The molecule has 1 aromatic carbocycles. The molecule has 0 bridgehead atoms. The van der Waals surface area contributed by atoms with E-state index >= 15 is 0 Å². The fourth-order valence-corrected chi connectivity index (χ4v) is 3.04. The van der Waals surface area contributed by atoms with Crippen molar-refractivity contribution < 1.29 is 14.1 Å². The molecule has 1 saturated heterocycles. The van der Waals surface area contributed by atoms with E-state index in [1.54, 1.807) is 42.3 Å². The quantitative estimate of drug-likeness (QED) is 0.897. The fraction of sp³-hybridized carbons (Fsp3) is 0.533. The van der Waals surface area contributed by atoms with Gasteiger partial charge in [-0.3, -0.25) is 4.21 Å². The average Bonchev–Trinajstić information content (AvgIpc) is 2.47. The molecule has 116 valence electrons. The predicted octanol–water partition coefficient (Wildman–Crippen LogP) is 2.05. The van der Waals surface area contributed by atoms with Crippen molar-refractivity contribution in [2.24, 2.45) is 5.92 Å². The number of rotatable bonds is 3. The zero-order chi connectivity index (χ0) is 15.4. The molecule has 1 aromatic rings. The Hall–Kier alpha value is -1.40. The van der Waals surface area contributed by atoms with Gasteiger partial charge in [0.15, 0.2) is 0 Å². The van der Waals surface area contributed by atoms with Crippen LogP contribution in [0.5, 0.6) is 0 Å². The van der Waals surface area contributed by atoms with Crippen molar-refractivity contribution in [1.29, 1.82) is 0 Å². The summed E-state index contributed by atoms with van der Waals surface area (Å²) in [4.78, 5) is 14.7. The van der Waals surface area contributed by atoms with Gasteiger partial charge >= 0.3 is 6.03 Å². The zero-order valence-corrected chi connectivity index (χ0v) is 13.2. The Morgan fingerprint density at radius 2 is 1.90 bits per heavy atom. The SMILES string of the molecule is CC(O)C1CCN(C(=O)Nc2ccc(S(C)=O)cc2)CC1. The third-order valence-electron chi connectivity index (χ3n) is 3.95. The summed E-state index contributed by atoms with van der Waals surface area (Å²) in [5, 5.41) is 12.4. The molecule has 1 aliphatic heterocycles. The van der Waals surface area contributed by atoms with E-state index in [-0.39, 0.29) is 18.1 Å². The number of aliphatic hydroxyl groups is 1. The fourth-order valence-electron chi connectivity index (χ4n) is 2.52. The molecule has 1 heterocycles. The normalized spacial score (nSPS) is 19.1. The zero-order valence-electron chi connectivity index (χ0n) is 12.4. The minimum atomic E-state index is -1.01.